The number of benzene rings is 10. The van der Waals surface area contributed by atoms with Gasteiger partial charge in [-0.25, -0.2) is 0 Å². The number of hydrogen-bond donors (Lipinski definition) is 0. The van der Waals surface area contributed by atoms with Crippen LogP contribution in [-0.2, 0) is 17.6 Å². The van der Waals surface area contributed by atoms with Gasteiger partial charge in [-0.3, -0.25) is 0 Å². The van der Waals surface area contributed by atoms with E-state index in [9.17, 15) is 0 Å². The van der Waals surface area contributed by atoms with Crippen molar-refractivity contribution in [2.24, 2.45) is 0 Å². The molecule has 0 unspecified atom stereocenters. The molecule has 0 N–H and O–H groups in total. The predicted molar refractivity (Wildman–Crippen MR) is 227 cm³/mol. The maximum Gasteiger partial charge on any atom is 0.0506 e. The molecule has 0 fully saturated rings. The third kappa shape index (κ3) is 5.71. The summed E-state index contributed by atoms with van der Waals surface area (Å²) in [4.78, 5) is 0. The molecule has 53 heavy (non-hydrogen) atoms. The molecule has 0 atom stereocenters. The normalized spacial score (nSPS) is 11.8. The maximum absolute atomic E-state index is 6.49. The quantitative estimate of drug-likeness (QED) is 0.115. The molecule has 1 heteroatoms. The van der Waals surface area contributed by atoms with Crippen molar-refractivity contribution >= 4 is 64.6 Å². The number of fused-ring (bicyclic) bond motifs is 6. The van der Waals surface area contributed by atoms with E-state index in [1.807, 2.05) is 0 Å². The first-order valence-electron chi connectivity index (χ1n) is 18.7. The summed E-state index contributed by atoms with van der Waals surface area (Å²) >= 11 is 0. The summed E-state index contributed by atoms with van der Waals surface area (Å²) in [5, 5.41) is 15.3. The Labute approximate surface area is 309 Å². The van der Waals surface area contributed by atoms with Gasteiger partial charge in [0.25, 0.3) is 0 Å². The molecule has 252 valence electrons. The van der Waals surface area contributed by atoms with Crippen LogP contribution in [0.3, 0.4) is 0 Å². The first kappa shape index (κ1) is 31.5. The van der Waals surface area contributed by atoms with Crippen molar-refractivity contribution in [1.29, 1.82) is 0 Å². The monoisotopic (exact) mass is 678 g/mol. The lowest BCUT2D eigenvalue weighted by Gasteiger charge is -2.17. The van der Waals surface area contributed by atoms with Gasteiger partial charge >= 0.3 is 0 Å². The Morgan fingerprint density at radius 2 is 0.623 bits per heavy atom. The minimum Gasteiger partial charge on any atom is -0.381 e. The molecule has 0 aliphatic rings. The Hall–Kier alpha value is -6.28. The topological polar surface area (TPSA) is 9.23 Å². The van der Waals surface area contributed by atoms with Crippen molar-refractivity contribution in [3.63, 3.8) is 0 Å². The molecule has 0 saturated carbocycles. The zero-order chi connectivity index (χ0) is 35.1. The van der Waals surface area contributed by atoms with Gasteiger partial charge in [-0.15, -0.1) is 0 Å². The van der Waals surface area contributed by atoms with Gasteiger partial charge in [0.15, 0.2) is 0 Å². The average Bonchev–Trinajstić information content (AvgIpc) is 3.21. The van der Waals surface area contributed by atoms with Gasteiger partial charge < -0.3 is 4.74 Å². The highest BCUT2D eigenvalue weighted by Crippen LogP contribution is 2.41. The first-order valence-corrected chi connectivity index (χ1v) is 18.7. The van der Waals surface area contributed by atoms with Crippen LogP contribution in [0.2, 0.25) is 0 Å². The van der Waals surface area contributed by atoms with Crippen LogP contribution in [0.5, 0.6) is 0 Å². The first-order chi connectivity index (χ1) is 26.3. The molecule has 0 heterocycles. The van der Waals surface area contributed by atoms with Gasteiger partial charge in [-0.1, -0.05) is 146 Å². The van der Waals surface area contributed by atoms with Gasteiger partial charge in [0.05, 0.1) is 13.2 Å². The van der Waals surface area contributed by atoms with Crippen LogP contribution < -0.4 is 0 Å². The molecule has 0 aromatic heterocycles. The second kappa shape index (κ2) is 13.4. The summed E-state index contributed by atoms with van der Waals surface area (Å²) in [6.07, 6.45) is 1.69. The van der Waals surface area contributed by atoms with Crippen LogP contribution in [0.15, 0.2) is 182 Å². The van der Waals surface area contributed by atoms with Crippen molar-refractivity contribution in [1.82, 2.24) is 0 Å². The Morgan fingerprint density at radius 1 is 0.283 bits per heavy atom. The van der Waals surface area contributed by atoms with Gasteiger partial charge in [0.1, 0.15) is 0 Å². The zero-order valence-electron chi connectivity index (χ0n) is 29.6. The van der Waals surface area contributed by atoms with E-state index in [-0.39, 0.29) is 0 Å². The lowest BCUT2D eigenvalue weighted by Crippen LogP contribution is -2.05. The molecule has 0 aliphatic heterocycles. The van der Waals surface area contributed by atoms with Gasteiger partial charge in [-0.2, -0.15) is 0 Å². The SMILES string of the molecule is c1ccc(-c2c3ccccc3cc3cc4ccccc4cc23)c(CCOCCc2ccccc2-c2c3ccccc3cc3cc4ccccc4cc23)c1. The van der Waals surface area contributed by atoms with Crippen molar-refractivity contribution in [3.05, 3.63) is 193 Å². The Balaban J connectivity index is 0.952. The van der Waals surface area contributed by atoms with Crippen LogP contribution >= 0.6 is 0 Å². The Bertz CT molecular complexity index is 2770. The maximum atomic E-state index is 6.49. The number of hydrogen-bond acceptors (Lipinski definition) is 1. The smallest absolute Gasteiger partial charge is 0.0506 e. The molecule has 0 saturated heterocycles. The van der Waals surface area contributed by atoms with Crippen LogP contribution in [0.4, 0.5) is 0 Å². The summed E-state index contributed by atoms with van der Waals surface area (Å²) < 4.78 is 6.49. The van der Waals surface area contributed by atoms with Gasteiger partial charge in [0, 0.05) is 0 Å². The number of rotatable bonds is 8. The molecule has 0 bridgehead atoms. The molecule has 10 aromatic carbocycles. The fourth-order valence-corrected chi connectivity index (χ4v) is 8.53. The highest BCUT2D eigenvalue weighted by atomic mass is 16.5. The third-order valence-electron chi connectivity index (χ3n) is 11.1. The van der Waals surface area contributed by atoms with Crippen molar-refractivity contribution in [2.75, 3.05) is 13.2 Å². The van der Waals surface area contributed by atoms with Crippen LogP contribution in [0, 0.1) is 0 Å². The van der Waals surface area contributed by atoms with E-state index in [0.717, 1.165) is 12.8 Å². The molecule has 0 amide bonds. The largest absolute Gasteiger partial charge is 0.381 e. The van der Waals surface area contributed by atoms with E-state index < -0.39 is 0 Å². The Morgan fingerprint density at radius 3 is 1.08 bits per heavy atom. The summed E-state index contributed by atoms with van der Waals surface area (Å²) in [5.74, 6) is 0. The summed E-state index contributed by atoms with van der Waals surface area (Å²) in [6.45, 7) is 1.32. The molecule has 10 rings (SSSR count). The van der Waals surface area contributed by atoms with Crippen molar-refractivity contribution in [3.8, 4) is 22.3 Å². The second-order valence-electron chi connectivity index (χ2n) is 14.2. The Kier molecular flexibility index (Phi) is 7.93. The fraction of sp³-hybridized carbons (Fsp3) is 0.0769. The van der Waals surface area contributed by atoms with Crippen LogP contribution in [0.1, 0.15) is 11.1 Å². The average molecular weight is 679 g/mol. The fourth-order valence-electron chi connectivity index (χ4n) is 8.53. The lowest BCUT2D eigenvalue weighted by atomic mass is 9.88. The molecule has 10 aromatic rings. The van der Waals surface area contributed by atoms with E-state index in [0.29, 0.717) is 13.2 Å². The lowest BCUT2D eigenvalue weighted by molar-refractivity contribution is 0.140. The van der Waals surface area contributed by atoms with Gasteiger partial charge in [0.2, 0.25) is 0 Å². The summed E-state index contributed by atoms with van der Waals surface area (Å²) in [5.41, 5.74) is 7.82. The second-order valence-corrected chi connectivity index (χ2v) is 14.2. The predicted octanol–water partition coefficient (Wildman–Crippen LogP) is 13.7. The molecule has 0 radical (unpaired) electrons. The summed E-state index contributed by atoms with van der Waals surface area (Å²) in [6, 6.07) is 66.9. The minimum atomic E-state index is 0.661. The standard InChI is InChI=1S/C52H38O/c1-3-17-39-33-49-43(29-37(39)15-1)31-41-19-7-11-23-47(41)51(49)45-21-9-5-13-35(45)25-27-53-28-26-36-14-6-10-22-46(36)52-48-24-12-8-20-42(48)32-44-30-38-16-2-4-18-40(38)34-50(44)52/h1-24,29-34H,25-28H2. The van der Waals surface area contributed by atoms with Crippen LogP contribution in [-0.4, -0.2) is 13.2 Å². The molecule has 0 aliphatic carbocycles. The summed E-state index contributed by atoms with van der Waals surface area (Å²) in [7, 11) is 0. The van der Waals surface area contributed by atoms with Crippen molar-refractivity contribution in [2.45, 2.75) is 12.8 Å². The number of ether oxygens (including phenoxy) is 1. The molecular weight excluding hydrogens is 641 g/mol. The van der Waals surface area contributed by atoms with Crippen LogP contribution in [0.25, 0.3) is 86.9 Å². The zero-order valence-corrected chi connectivity index (χ0v) is 29.6. The van der Waals surface area contributed by atoms with E-state index >= 15 is 0 Å². The highest BCUT2D eigenvalue weighted by molar-refractivity contribution is 6.17. The van der Waals surface area contributed by atoms with E-state index in [4.69, 9.17) is 4.74 Å². The third-order valence-corrected chi connectivity index (χ3v) is 11.1. The van der Waals surface area contributed by atoms with Crippen molar-refractivity contribution < 1.29 is 4.74 Å². The van der Waals surface area contributed by atoms with E-state index in [2.05, 4.69) is 182 Å². The molecule has 0 spiro atoms. The molecule has 1 nitrogen and oxygen atoms in total. The van der Waals surface area contributed by atoms with Gasteiger partial charge in [-0.05, 0) is 147 Å². The van der Waals surface area contributed by atoms with E-state index in [1.54, 1.807) is 0 Å². The van der Waals surface area contributed by atoms with E-state index in [1.165, 1.54) is 98.0 Å². The highest BCUT2D eigenvalue weighted by Gasteiger charge is 2.16. The molecular formula is C52H38O. The minimum absolute atomic E-state index is 0.661.